The Morgan fingerprint density at radius 3 is 2.53 bits per heavy atom. The van der Waals surface area contributed by atoms with Gasteiger partial charge < -0.3 is 5.32 Å². The number of benzene rings is 3. The fraction of sp³-hybridized carbons (Fsp3) is 0. The van der Waals surface area contributed by atoms with Crippen LogP contribution in [0, 0.1) is 0 Å². The van der Waals surface area contributed by atoms with Crippen molar-refractivity contribution in [3.8, 4) is 0 Å². The molecule has 32 heavy (non-hydrogen) atoms. The number of carbonyl (C=O) groups excluding carboxylic acids is 2. The molecular weight excluding hydrogens is 494 g/mol. The van der Waals surface area contributed by atoms with Gasteiger partial charge in [0.1, 0.15) is 4.90 Å². The van der Waals surface area contributed by atoms with Gasteiger partial charge in [0.2, 0.25) is 0 Å². The quantitative estimate of drug-likeness (QED) is 0.437. The number of halogens is 1. The SMILES string of the molecule is O=C(Nc1ccc2ncccc2c1)c1ccc2c(c1)S(=O)(=O)N(c1ccc(Br)cc1)C2=O. The summed E-state index contributed by atoms with van der Waals surface area (Å²) in [5.41, 5.74) is 1.72. The molecule has 1 N–H and O–H groups in total. The van der Waals surface area contributed by atoms with Gasteiger partial charge >= 0.3 is 0 Å². The molecule has 2 amide bonds. The Morgan fingerprint density at radius 2 is 1.75 bits per heavy atom. The largest absolute Gasteiger partial charge is 0.322 e. The summed E-state index contributed by atoms with van der Waals surface area (Å²) in [6.07, 6.45) is 1.68. The monoisotopic (exact) mass is 507 g/mol. The Balaban J connectivity index is 1.47. The summed E-state index contributed by atoms with van der Waals surface area (Å²) < 4.78 is 27.7. The first kappa shape index (κ1) is 20.3. The van der Waals surface area contributed by atoms with E-state index in [1.165, 1.54) is 30.3 Å². The van der Waals surface area contributed by atoms with E-state index >= 15 is 0 Å². The van der Waals surface area contributed by atoms with Gasteiger partial charge in [-0.25, -0.2) is 8.42 Å². The highest BCUT2D eigenvalue weighted by molar-refractivity contribution is 9.10. The number of fused-ring (bicyclic) bond motifs is 2. The molecule has 2 heterocycles. The van der Waals surface area contributed by atoms with Crippen LogP contribution in [0.1, 0.15) is 20.7 Å². The third-order valence-electron chi connectivity index (χ3n) is 5.10. The molecule has 0 fully saturated rings. The minimum atomic E-state index is -4.14. The average Bonchev–Trinajstić information content (AvgIpc) is 2.99. The normalized spacial score (nSPS) is 14.4. The second-order valence-corrected chi connectivity index (χ2v) is 9.80. The highest BCUT2D eigenvalue weighted by atomic mass is 79.9. The molecule has 158 valence electrons. The number of aromatic nitrogens is 1. The maximum atomic E-state index is 13.1. The van der Waals surface area contributed by atoms with Crippen molar-refractivity contribution in [1.82, 2.24) is 4.98 Å². The Morgan fingerprint density at radius 1 is 0.969 bits per heavy atom. The van der Waals surface area contributed by atoms with E-state index in [-0.39, 0.29) is 21.7 Å². The average molecular weight is 508 g/mol. The van der Waals surface area contributed by atoms with Crippen molar-refractivity contribution in [2.45, 2.75) is 4.90 Å². The molecule has 1 aromatic heterocycles. The van der Waals surface area contributed by atoms with Crippen LogP contribution in [0.25, 0.3) is 10.9 Å². The lowest BCUT2D eigenvalue weighted by Crippen LogP contribution is -2.29. The summed E-state index contributed by atoms with van der Waals surface area (Å²) >= 11 is 3.29. The van der Waals surface area contributed by atoms with Crippen molar-refractivity contribution < 1.29 is 18.0 Å². The number of hydrogen-bond acceptors (Lipinski definition) is 5. The Kier molecular flexibility index (Phi) is 4.79. The van der Waals surface area contributed by atoms with Crippen molar-refractivity contribution in [2.75, 3.05) is 9.62 Å². The second kappa shape index (κ2) is 7.54. The molecule has 0 saturated carbocycles. The minimum absolute atomic E-state index is 0.0289. The molecule has 0 radical (unpaired) electrons. The zero-order valence-corrected chi connectivity index (χ0v) is 18.7. The highest BCUT2D eigenvalue weighted by Crippen LogP contribution is 2.35. The molecule has 3 aromatic carbocycles. The van der Waals surface area contributed by atoms with Crippen LogP contribution in [0.4, 0.5) is 11.4 Å². The van der Waals surface area contributed by atoms with E-state index in [9.17, 15) is 18.0 Å². The van der Waals surface area contributed by atoms with E-state index < -0.39 is 21.8 Å². The molecule has 1 aliphatic heterocycles. The van der Waals surface area contributed by atoms with Crippen molar-refractivity contribution in [1.29, 1.82) is 0 Å². The maximum Gasteiger partial charge on any atom is 0.273 e. The lowest BCUT2D eigenvalue weighted by atomic mass is 10.1. The first-order valence-electron chi connectivity index (χ1n) is 9.50. The molecule has 0 unspecified atom stereocenters. The summed E-state index contributed by atoms with van der Waals surface area (Å²) in [6, 6.07) is 19.4. The predicted octanol–water partition coefficient (Wildman–Crippen LogP) is 4.60. The zero-order chi connectivity index (χ0) is 22.5. The van der Waals surface area contributed by atoms with Gasteiger partial charge in [-0.1, -0.05) is 22.0 Å². The Bertz CT molecular complexity index is 1520. The van der Waals surface area contributed by atoms with Gasteiger partial charge in [-0.05, 0) is 66.7 Å². The molecule has 0 atom stereocenters. The van der Waals surface area contributed by atoms with Crippen LogP contribution in [-0.4, -0.2) is 25.2 Å². The van der Waals surface area contributed by atoms with Crippen LogP contribution in [0.15, 0.2) is 88.4 Å². The number of hydrogen-bond donors (Lipinski definition) is 1. The number of rotatable bonds is 3. The van der Waals surface area contributed by atoms with Crippen LogP contribution in [0.3, 0.4) is 0 Å². The number of anilines is 2. The van der Waals surface area contributed by atoms with Gasteiger partial charge in [-0.3, -0.25) is 14.6 Å². The number of nitrogens with zero attached hydrogens (tertiary/aromatic N) is 2. The van der Waals surface area contributed by atoms with Crippen molar-refractivity contribution in [3.05, 3.63) is 94.6 Å². The maximum absolute atomic E-state index is 13.1. The van der Waals surface area contributed by atoms with E-state index in [0.717, 1.165) is 19.7 Å². The van der Waals surface area contributed by atoms with Gasteiger partial charge in [0.15, 0.2) is 0 Å². The number of amides is 2. The van der Waals surface area contributed by atoms with E-state index in [2.05, 4.69) is 26.2 Å². The predicted molar refractivity (Wildman–Crippen MR) is 124 cm³/mol. The third kappa shape index (κ3) is 3.35. The standard InChI is InChI=1S/C23H14BrN3O4S/c24-16-4-7-18(8-5-16)27-23(29)19-9-3-15(13-21(19)32(27,30)31)22(28)26-17-6-10-20-14(12-17)2-1-11-25-20/h1-13H,(H,26,28). The topological polar surface area (TPSA) is 96.4 Å². The van der Waals surface area contributed by atoms with Crippen LogP contribution < -0.4 is 9.62 Å². The third-order valence-corrected chi connectivity index (χ3v) is 7.38. The van der Waals surface area contributed by atoms with Gasteiger partial charge in [-0.2, -0.15) is 4.31 Å². The summed E-state index contributed by atoms with van der Waals surface area (Å²) in [5, 5.41) is 3.62. The smallest absolute Gasteiger partial charge is 0.273 e. The second-order valence-electron chi connectivity index (χ2n) is 7.13. The molecule has 1 aliphatic rings. The number of nitrogens with one attached hydrogen (secondary N) is 1. The first-order valence-corrected chi connectivity index (χ1v) is 11.7. The number of carbonyl (C=O) groups is 2. The summed E-state index contributed by atoms with van der Waals surface area (Å²) in [5.74, 6) is -1.14. The molecule has 5 rings (SSSR count). The van der Waals surface area contributed by atoms with Gasteiger partial charge in [-0.15, -0.1) is 0 Å². The summed E-state index contributed by atoms with van der Waals surface area (Å²) in [4.78, 5) is 29.7. The fourth-order valence-electron chi connectivity index (χ4n) is 3.56. The highest BCUT2D eigenvalue weighted by Gasteiger charge is 2.42. The van der Waals surface area contributed by atoms with Crippen molar-refractivity contribution in [2.24, 2.45) is 0 Å². The minimum Gasteiger partial charge on any atom is -0.322 e. The molecule has 0 bridgehead atoms. The summed E-state index contributed by atoms with van der Waals surface area (Å²) in [7, 11) is -4.14. The lowest BCUT2D eigenvalue weighted by Gasteiger charge is -2.15. The number of pyridine rings is 1. The summed E-state index contributed by atoms with van der Waals surface area (Å²) in [6.45, 7) is 0. The van der Waals surface area contributed by atoms with E-state index in [1.807, 2.05) is 6.07 Å². The Labute approximate surface area is 191 Å². The van der Waals surface area contributed by atoms with Gasteiger partial charge in [0.05, 0.1) is 16.8 Å². The molecule has 7 nitrogen and oxygen atoms in total. The van der Waals surface area contributed by atoms with E-state index in [1.54, 1.807) is 42.6 Å². The molecular formula is C23H14BrN3O4S. The first-order chi connectivity index (χ1) is 15.3. The van der Waals surface area contributed by atoms with Gasteiger partial charge in [0, 0.05) is 27.3 Å². The van der Waals surface area contributed by atoms with Crippen molar-refractivity contribution >= 4 is 60.0 Å². The van der Waals surface area contributed by atoms with Crippen LogP contribution in [0.5, 0.6) is 0 Å². The van der Waals surface area contributed by atoms with E-state index in [0.29, 0.717) is 5.69 Å². The Hall–Kier alpha value is -3.56. The van der Waals surface area contributed by atoms with E-state index in [4.69, 9.17) is 0 Å². The van der Waals surface area contributed by atoms with Gasteiger partial charge in [0.25, 0.3) is 21.8 Å². The molecule has 4 aromatic rings. The van der Waals surface area contributed by atoms with Crippen molar-refractivity contribution in [3.63, 3.8) is 0 Å². The molecule has 0 spiro atoms. The van der Waals surface area contributed by atoms with Crippen LogP contribution in [0.2, 0.25) is 0 Å². The molecule has 0 aliphatic carbocycles. The fourth-order valence-corrected chi connectivity index (χ4v) is 5.45. The molecule has 0 saturated heterocycles. The molecule has 9 heteroatoms. The van der Waals surface area contributed by atoms with Crippen LogP contribution in [-0.2, 0) is 10.0 Å². The number of sulfonamides is 1. The lowest BCUT2D eigenvalue weighted by molar-refractivity contribution is 0.100. The zero-order valence-electron chi connectivity index (χ0n) is 16.3. The van der Waals surface area contributed by atoms with Crippen LogP contribution >= 0.6 is 15.9 Å².